The van der Waals surface area contributed by atoms with Crippen molar-refractivity contribution in [2.45, 2.75) is 39.0 Å². The lowest BCUT2D eigenvalue weighted by molar-refractivity contribution is -0.119. The summed E-state index contributed by atoms with van der Waals surface area (Å²) in [5.41, 5.74) is 0.846. The van der Waals surface area contributed by atoms with E-state index in [0.717, 1.165) is 20.3 Å². The minimum Gasteiger partial charge on any atom is -0.392 e. The predicted molar refractivity (Wildman–Crippen MR) is 106 cm³/mol. The van der Waals surface area contributed by atoms with Gasteiger partial charge in [-0.15, -0.1) is 35.1 Å². The lowest BCUT2D eigenvalue weighted by atomic mass is 10.2. The van der Waals surface area contributed by atoms with Gasteiger partial charge in [0.2, 0.25) is 11.8 Å². The number of thiophene rings is 1. The van der Waals surface area contributed by atoms with Gasteiger partial charge in [-0.25, -0.2) is 4.98 Å². The molecule has 2 amide bonds. The molecule has 0 radical (unpaired) electrons. The van der Waals surface area contributed by atoms with Crippen molar-refractivity contribution in [3.8, 4) is 10.6 Å². The number of hydrogen-bond donors (Lipinski definition) is 4. The first-order valence-electron chi connectivity index (χ1n) is 7.95. The summed E-state index contributed by atoms with van der Waals surface area (Å²) in [6.45, 7) is 4.40. The minimum absolute atomic E-state index is 0. The van der Waals surface area contributed by atoms with Crippen LogP contribution in [0.2, 0.25) is 0 Å². The third-order valence-corrected chi connectivity index (χ3v) is 5.84. The van der Waals surface area contributed by atoms with Gasteiger partial charge in [0, 0.05) is 23.2 Å². The number of carbonyl (C=O) groups is 2. The molecule has 3 heterocycles. The van der Waals surface area contributed by atoms with Crippen LogP contribution in [0.3, 0.4) is 0 Å². The van der Waals surface area contributed by atoms with Crippen molar-refractivity contribution < 1.29 is 14.7 Å². The molecular formula is C16H21ClN4O3S2. The van der Waals surface area contributed by atoms with Crippen LogP contribution in [0.1, 0.15) is 23.1 Å². The number of β-amino-alcohol motifs (C(OH)–C–C–N with tert-alkyl or cyclic N) is 1. The van der Waals surface area contributed by atoms with Gasteiger partial charge < -0.3 is 21.1 Å². The van der Waals surface area contributed by atoms with Crippen LogP contribution in [0.15, 0.2) is 12.1 Å². The molecular weight excluding hydrogens is 396 g/mol. The van der Waals surface area contributed by atoms with Gasteiger partial charge >= 0.3 is 0 Å². The fourth-order valence-electron chi connectivity index (χ4n) is 2.60. The van der Waals surface area contributed by atoms with E-state index < -0.39 is 6.10 Å². The highest BCUT2D eigenvalue weighted by Crippen LogP contribution is 2.34. The number of nitrogens with one attached hydrogen (secondary N) is 3. The van der Waals surface area contributed by atoms with E-state index in [1.54, 1.807) is 11.3 Å². The molecule has 1 aliphatic rings. The Labute approximate surface area is 165 Å². The van der Waals surface area contributed by atoms with Gasteiger partial charge in [-0.2, -0.15) is 0 Å². The summed E-state index contributed by atoms with van der Waals surface area (Å²) in [7, 11) is 0. The lowest BCUT2D eigenvalue weighted by Crippen LogP contribution is -2.35. The summed E-state index contributed by atoms with van der Waals surface area (Å²) in [6, 6.07) is 3.56. The van der Waals surface area contributed by atoms with Crippen LogP contribution in [0.4, 0.5) is 5.13 Å². The molecule has 0 saturated carbocycles. The number of aliphatic hydroxyl groups excluding tert-OH is 1. The fraction of sp³-hybridized carbons (Fsp3) is 0.438. The van der Waals surface area contributed by atoms with Gasteiger partial charge in [-0.05, 0) is 25.5 Å². The zero-order chi connectivity index (χ0) is 18.0. The normalized spacial score (nSPS) is 19.0. The number of rotatable bonds is 5. The standard InChI is InChI=1S/C16H20N4O3S2.ClH/c1-8-14(13-4-3-11(25-13)7-17-9(2)21)19-16(24-8)20-15(23)12-5-10(22)6-18-12;/h3-4,10,12,18,22H,5-7H2,1-2H3,(H,17,21)(H,19,20,23);1H/t10-,12+;/m0./s1. The molecule has 0 aliphatic carbocycles. The van der Waals surface area contributed by atoms with Gasteiger partial charge in [0.05, 0.1) is 29.3 Å². The van der Waals surface area contributed by atoms with E-state index in [0.29, 0.717) is 24.6 Å². The minimum atomic E-state index is -0.475. The molecule has 4 N–H and O–H groups in total. The molecule has 0 unspecified atom stereocenters. The van der Waals surface area contributed by atoms with E-state index in [2.05, 4.69) is 20.9 Å². The van der Waals surface area contributed by atoms with Crippen molar-refractivity contribution in [3.05, 3.63) is 21.9 Å². The molecule has 1 aliphatic heterocycles. The number of hydrogen-bond acceptors (Lipinski definition) is 7. The second-order valence-electron chi connectivity index (χ2n) is 5.94. The Morgan fingerprint density at radius 2 is 2.15 bits per heavy atom. The van der Waals surface area contributed by atoms with Crippen LogP contribution in [0, 0.1) is 6.92 Å². The summed E-state index contributed by atoms with van der Waals surface area (Å²) in [4.78, 5) is 30.8. The molecule has 26 heavy (non-hydrogen) atoms. The van der Waals surface area contributed by atoms with Gasteiger partial charge in [-0.1, -0.05) is 0 Å². The molecule has 2 aromatic heterocycles. The Kier molecular flexibility index (Phi) is 7.13. The first kappa shape index (κ1) is 20.8. The average molecular weight is 417 g/mol. The fourth-order valence-corrected chi connectivity index (χ4v) is 4.49. The van der Waals surface area contributed by atoms with E-state index in [9.17, 15) is 14.7 Å². The maximum absolute atomic E-state index is 12.2. The Hall–Kier alpha value is -1.52. The van der Waals surface area contributed by atoms with Crippen LogP contribution in [-0.4, -0.2) is 40.6 Å². The molecule has 1 fully saturated rings. The number of nitrogens with zero attached hydrogens (tertiary/aromatic N) is 1. The summed E-state index contributed by atoms with van der Waals surface area (Å²) in [6.07, 6.45) is -0.0574. The smallest absolute Gasteiger partial charge is 0.243 e. The van der Waals surface area contributed by atoms with Crippen molar-refractivity contribution >= 4 is 52.0 Å². The van der Waals surface area contributed by atoms with Crippen molar-refractivity contribution in [1.82, 2.24) is 15.6 Å². The molecule has 7 nitrogen and oxygen atoms in total. The Morgan fingerprint density at radius 3 is 2.81 bits per heavy atom. The Balaban J connectivity index is 0.00000243. The number of aryl methyl sites for hydroxylation is 1. The topological polar surface area (TPSA) is 103 Å². The molecule has 3 rings (SSSR count). The molecule has 1 saturated heterocycles. The van der Waals surface area contributed by atoms with Crippen LogP contribution < -0.4 is 16.0 Å². The second kappa shape index (κ2) is 8.92. The zero-order valence-electron chi connectivity index (χ0n) is 14.4. The highest BCUT2D eigenvalue weighted by atomic mass is 35.5. The monoisotopic (exact) mass is 416 g/mol. The number of halogens is 1. The molecule has 0 aromatic carbocycles. The largest absolute Gasteiger partial charge is 0.392 e. The lowest BCUT2D eigenvalue weighted by Gasteiger charge is -2.08. The Bertz CT molecular complexity index is 792. The number of aromatic nitrogens is 1. The van der Waals surface area contributed by atoms with Gasteiger partial charge in [0.15, 0.2) is 5.13 Å². The number of anilines is 1. The maximum atomic E-state index is 12.2. The second-order valence-corrected chi connectivity index (χ2v) is 8.31. The van der Waals surface area contributed by atoms with Crippen molar-refractivity contribution in [3.63, 3.8) is 0 Å². The summed E-state index contributed by atoms with van der Waals surface area (Å²) in [5.74, 6) is -0.232. The summed E-state index contributed by atoms with van der Waals surface area (Å²) >= 11 is 3.00. The summed E-state index contributed by atoms with van der Waals surface area (Å²) < 4.78 is 0. The van der Waals surface area contributed by atoms with E-state index in [4.69, 9.17) is 0 Å². The van der Waals surface area contributed by atoms with Crippen molar-refractivity contribution in [2.24, 2.45) is 0 Å². The molecule has 2 aromatic rings. The van der Waals surface area contributed by atoms with Crippen LogP contribution in [0.25, 0.3) is 10.6 Å². The maximum Gasteiger partial charge on any atom is 0.243 e. The van der Waals surface area contributed by atoms with E-state index in [1.807, 2.05) is 19.1 Å². The average Bonchev–Trinajstić information content (AvgIpc) is 3.25. The predicted octanol–water partition coefficient (Wildman–Crippen LogP) is 1.90. The van der Waals surface area contributed by atoms with Crippen molar-refractivity contribution in [1.29, 1.82) is 0 Å². The van der Waals surface area contributed by atoms with Crippen LogP contribution in [0.5, 0.6) is 0 Å². The number of aliphatic hydroxyl groups is 1. The zero-order valence-corrected chi connectivity index (χ0v) is 16.8. The molecule has 10 heteroatoms. The quantitative estimate of drug-likeness (QED) is 0.596. The Morgan fingerprint density at radius 1 is 1.38 bits per heavy atom. The van der Waals surface area contributed by atoms with Gasteiger partial charge in [-0.3, -0.25) is 9.59 Å². The number of thiazole rings is 1. The number of amides is 2. The molecule has 0 spiro atoms. The molecule has 142 valence electrons. The third kappa shape index (κ3) is 5.01. The van der Waals surface area contributed by atoms with Crippen LogP contribution in [-0.2, 0) is 16.1 Å². The molecule has 2 atom stereocenters. The van der Waals surface area contributed by atoms with Gasteiger partial charge in [0.25, 0.3) is 0 Å². The highest BCUT2D eigenvalue weighted by Gasteiger charge is 2.28. The number of carbonyl (C=O) groups excluding carboxylic acids is 2. The van der Waals surface area contributed by atoms with E-state index >= 15 is 0 Å². The SMILES string of the molecule is CC(=O)NCc1ccc(-c2nc(NC(=O)[C@H]3C[C@H](O)CN3)sc2C)s1.Cl. The van der Waals surface area contributed by atoms with E-state index in [-0.39, 0.29) is 30.3 Å². The molecule has 0 bridgehead atoms. The summed E-state index contributed by atoms with van der Waals surface area (Å²) in [5, 5.41) is 18.7. The first-order valence-corrected chi connectivity index (χ1v) is 9.59. The van der Waals surface area contributed by atoms with E-state index in [1.165, 1.54) is 18.3 Å². The van der Waals surface area contributed by atoms with Crippen LogP contribution >= 0.6 is 35.1 Å². The third-order valence-electron chi connectivity index (χ3n) is 3.86. The highest BCUT2D eigenvalue weighted by molar-refractivity contribution is 7.18. The first-order chi connectivity index (χ1) is 11.9. The van der Waals surface area contributed by atoms with Gasteiger partial charge in [0.1, 0.15) is 0 Å². The van der Waals surface area contributed by atoms with Crippen molar-refractivity contribution in [2.75, 3.05) is 11.9 Å².